The largest absolute Gasteiger partial charge is 0.497 e. The zero-order valence-corrected chi connectivity index (χ0v) is 15.2. The lowest BCUT2D eigenvalue weighted by Crippen LogP contribution is -2.12. The van der Waals surface area contributed by atoms with Crippen LogP contribution in [-0.4, -0.2) is 22.6 Å². The van der Waals surface area contributed by atoms with E-state index >= 15 is 0 Å². The van der Waals surface area contributed by atoms with E-state index in [1.165, 1.54) is 11.3 Å². The van der Waals surface area contributed by atoms with Gasteiger partial charge in [-0.25, -0.2) is 4.98 Å². The van der Waals surface area contributed by atoms with Crippen molar-refractivity contribution in [2.24, 2.45) is 7.05 Å². The van der Waals surface area contributed by atoms with Crippen LogP contribution in [-0.2, 0) is 7.05 Å². The first-order chi connectivity index (χ1) is 12.7. The predicted octanol–water partition coefficient (Wildman–Crippen LogP) is 4.56. The second kappa shape index (κ2) is 6.65. The van der Waals surface area contributed by atoms with Crippen molar-refractivity contribution >= 4 is 33.8 Å². The van der Waals surface area contributed by atoms with Gasteiger partial charge in [0, 0.05) is 35.1 Å². The summed E-state index contributed by atoms with van der Waals surface area (Å²) < 4.78 is 7.27. The van der Waals surface area contributed by atoms with Crippen LogP contribution in [0.1, 0.15) is 10.5 Å². The molecule has 0 saturated heterocycles. The molecule has 0 radical (unpaired) electrons. The van der Waals surface area contributed by atoms with Gasteiger partial charge in [-0.3, -0.25) is 4.79 Å². The molecule has 2 heterocycles. The number of benzene rings is 2. The molecule has 2 aromatic carbocycles. The van der Waals surface area contributed by atoms with Gasteiger partial charge in [-0.1, -0.05) is 24.3 Å². The van der Waals surface area contributed by atoms with Crippen LogP contribution in [0.2, 0.25) is 0 Å². The molecule has 1 N–H and O–H groups in total. The number of aryl methyl sites for hydroxylation is 1. The topological polar surface area (TPSA) is 56.1 Å². The van der Waals surface area contributed by atoms with Crippen molar-refractivity contribution in [3.8, 4) is 16.5 Å². The molecule has 5 nitrogen and oxygen atoms in total. The molecule has 4 rings (SSSR count). The van der Waals surface area contributed by atoms with Gasteiger partial charge in [0.15, 0.2) is 0 Å². The zero-order chi connectivity index (χ0) is 18.1. The second-order valence-electron chi connectivity index (χ2n) is 5.87. The van der Waals surface area contributed by atoms with Gasteiger partial charge in [0.05, 0.1) is 12.8 Å². The third-order valence-corrected chi connectivity index (χ3v) is 5.10. The Bertz CT molecular complexity index is 1100. The number of anilines is 1. The van der Waals surface area contributed by atoms with Crippen LogP contribution < -0.4 is 10.1 Å². The van der Waals surface area contributed by atoms with Gasteiger partial charge in [0.2, 0.25) is 0 Å². The lowest BCUT2D eigenvalue weighted by atomic mass is 10.2. The monoisotopic (exact) mass is 363 g/mol. The van der Waals surface area contributed by atoms with E-state index in [9.17, 15) is 4.79 Å². The van der Waals surface area contributed by atoms with Gasteiger partial charge in [-0.05, 0) is 24.3 Å². The van der Waals surface area contributed by atoms with Gasteiger partial charge < -0.3 is 14.6 Å². The third kappa shape index (κ3) is 2.95. The van der Waals surface area contributed by atoms with Crippen LogP contribution in [0.4, 0.5) is 5.69 Å². The highest BCUT2D eigenvalue weighted by Gasteiger charge is 2.15. The molecule has 0 aliphatic carbocycles. The van der Waals surface area contributed by atoms with Crippen molar-refractivity contribution in [1.29, 1.82) is 0 Å². The number of methoxy groups -OCH3 is 1. The summed E-state index contributed by atoms with van der Waals surface area (Å²) in [5.41, 5.74) is 3.21. The Labute approximate surface area is 154 Å². The smallest absolute Gasteiger partial charge is 0.275 e. The summed E-state index contributed by atoms with van der Waals surface area (Å²) in [6.07, 6.45) is 0. The second-order valence-corrected chi connectivity index (χ2v) is 6.73. The van der Waals surface area contributed by atoms with Crippen LogP contribution in [0.3, 0.4) is 0 Å². The van der Waals surface area contributed by atoms with Gasteiger partial charge >= 0.3 is 0 Å². The fourth-order valence-electron chi connectivity index (χ4n) is 2.89. The maximum Gasteiger partial charge on any atom is 0.275 e. The molecular formula is C20H17N3O2S. The van der Waals surface area contributed by atoms with Crippen molar-refractivity contribution in [3.05, 3.63) is 65.7 Å². The van der Waals surface area contributed by atoms with Crippen molar-refractivity contribution in [1.82, 2.24) is 9.55 Å². The van der Waals surface area contributed by atoms with Gasteiger partial charge in [0.1, 0.15) is 16.5 Å². The Balaban J connectivity index is 1.60. The Morgan fingerprint density at radius 2 is 2.00 bits per heavy atom. The number of fused-ring (bicyclic) bond motifs is 1. The number of hydrogen-bond acceptors (Lipinski definition) is 4. The molecule has 0 aliphatic heterocycles. The summed E-state index contributed by atoms with van der Waals surface area (Å²) >= 11 is 1.46. The first-order valence-electron chi connectivity index (χ1n) is 8.11. The lowest BCUT2D eigenvalue weighted by Gasteiger charge is -2.05. The molecule has 0 saturated carbocycles. The molecule has 0 aliphatic rings. The summed E-state index contributed by atoms with van der Waals surface area (Å²) in [4.78, 5) is 17.0. The van der Waals surface area contributed by atoms with E-state index < -0.39 is 0 Å². The highest BCUT2D eigenvalue weighted by Crippen LogP contribution is 2.29. The van der Waals surface area contributed by atoms with E-state index in [1.807, 2.05) is 37.4 Å². The number of thiazole rings is 1. The molecule has 26 heavy (non-hydrogen) atoms. The van der Waals surface area contributed by atoms with Crippen molar-refractivity contribution < 1.29 is 9.53 Å². The summed E-state index contributed by atoms with van der Waals surface area (Å²) in [5, 5.41) is 6.61. The standard InChI is InChI=1S/C20H17N3O2S/c1-23-17-9-4-3-6-13(17)10-18(23)20-22-16(12-26-20)19(24)21-14-7-5-8-15(11-14)25-2/h3-12H,1-2H3,(H,21,24). The van der Waals surface area contributed by atoms with E-state index in [-0.39, 0.29) is 5.91 Å². The summed E-state index contributed by atoms with van der Waals surface area (Å²) in [5.74, 6) is 0.455. The van der Waals surface area contributed by atoms with Crippen LogP contribution in [0.15, 0.2) is 60.0 Å². The number of carbonyl (C=O) groups is 1. The minimum Gasteiger partial charge on any atom is -0.497 e. The highest BCUT2D eigenvalue weighted by molar-refractivity contribution is 7.13. The average molecular weight is 363 g/mol. The molecule has 2 aromatic heterocycles. The first kappa shape index (κ1) is 16.4. The Morgan fingerprint density at radius 1 is 1.15 bits per heavy atom. The molecule has 0 atom stereocenters. The fourth-order valence-corrected chi connectivity index (χ4v) is 3.74. The number of nitrogens with one attached hydrogen (secondary N) is 1. The van der Waals surface area contributed by atoms with Crippen LogP contribution in [0, 0.1) is 0 Å². The van der Waals surface area contributed by atoms with E-state index in [4.69, 9.17) is 4.74 Å². The number of rotatable bonds is 4. The molecule has 130 valence electrons. The number of aromatic nitrogens is 2. The number of nitrogens with zero attached hydrogens (tertiary/aromatic N) is 2. The van der Waals surface area contributed by atoms with Crippen LogP contribution >= 0.6 is 11.3 Å². The van der Waals surface area contributed by atoms with Crippen LogP contribution in [0.5, 0.6) is 5.75 Å². The summed E-state index contributed by atoms with van der Waals surface area (Å²) in [6.45, 7) is 0. The number of amides is 1. The quantitative estimate of drug-likeness (QED) is 0.578. The minimum atomic E-state index is -0.237. The predicted molar refractivity (Wildman–Crippen MR) is 105 cm³/mol. The third-order valence-electron chi connectivity index (χ3n) is 4.24. The maximum absolute atomic E-state index is 12.5. The molecule has 0 bridgehead atoms. The van der Waals surface area contributed by atoms with E-state index in [2.05, 4.69) is 33.1 Å². The summed E-state index contributed by atoms with van der Waals surface area (Å²) in [6, 6.07) is 17.5. The molecule has 1 amide bonds. The van der Waals surface area contributed by atoms with Crippen molar-refractivity contribution in [3.63, 3.8) is 0 Å². The maximum atomic E-state index is 12.5. The highest BCUT2D eigenvalue weighted by atomic mass is 32.1. The van der Waals surface area contributed by atoms with Crippen LogP contribution in [0.25, 0.3) is 21.6 Å². The summed E-state index contributed by atoms with van der Waals surface area (Å²) in [7, 11) is 3.60. The molecule has 6 heteroatoms. The van der Waals surface area contributed by atoms with Gasteiger partial charge in [-0.2, -0.15) is 0 Å². The number of para-hydroxylation sites is 1. The minimum absolute atomic E-state index is 0.237. The Morgan fingerprint density at radius 3 is 2.81 bits per heavy atom. The Hall–Kier alpha value is -3.12. The number of ether oxygens (including phenoxy) is 1. The van der Waals surface area contributed by atoms with E-state index in [0.717, 1.165) is 21.6 Å². The first-order valence-corrected chi connectivity index (χ1v) is 8.99. The number of carbonyl (C=O) groups excluding carboxylic acids is 1. The SMILES string of the molecule is COc1cccc(NC(=O)c2csc(-c3cc4ccccc4n3C)n2)c1. The average Bonchev–Trinajstić information content (AvgIpc) is 3.27. The van der Waals surface area contributed by atoms with E-state index in [0.29, 0.717) is 17.1 Å². The zero-order valence-electron chi connectivity index (χ0n) is 14.4. The molecule has 0 fully saturated rings. The molecule has 4 aromatic rings. The molecule has 0 spiro atoms. The molecule has 0 unspecified atom stereocenters. The van der Waals surface area contributed by atoms with Crippen molar-refractivity contribution in [2.45, 2.75) is 0 Å². The lowest BCUT2D eigenvalue weighted by molar-refractivity contribution is 0.102. The fraction of sp³-hybridized carbons (Fsp3) is 0.100. The van der Waals surface area contributed by atoms with Gasteiger partial charge in [0.25, 0.3) is 5.91 Å². The molecular weight excluding hydrogens is 346 g/mol. The van der Waals surface area contributed by atoms with E-state index in [1.54, 1.807) is 18.6 Å². The van der Waals surface area contributed by atoms with Crippen molar-refractivity contribution in [2.75, 3.05) is 12.4 Å². The number of hydrogen-bond donors (Lipinski definition) is 1. The Kier molecular flexibility index (Phi) is 4.18. The van der Waals surface area contributed by atoms with Gasteiger partial charge in [-0.15, -0.1) is 11.3 Å². The normalized spacial score (nSPS) is 10.8.